The van der Waals surface area contributed by atoms with Gasteiger partial charge in [-0.05, 0) is 42.5 Å². The standard InChI is InChI=1S/C18H18ClN3OS2/c19-13-3-1-4-15(11-13)23-8-10-25-18-21-20-17(22(18)14-6-7-14)12-16-5-2-9-24-16/h1-5,9,11,14H,6-8,10,12H2. The van der Waals surface area contributed by atoms with Crippen molar-refractivity contribution < 1.29 is 4.74 Å². The van der Waals surface area contributed by atoms with Crippen LogP contribution in [0.25, 0.3) is 0 Å². The number of benzene rings is 1. The van der Waals surface area contributed by atoms with Gasteiger partial charge in [0.2, 0.25) is 0 Å². The number of thiophene rings is 1. The van der Waals surface area contributed by atoms with Crippen molar-refractivity contribution in [2.24, 2.45) is 0 Å². The van der Waals surface area contributed by atoms with Crippen molar-refractivity contribution in [1.82, 2.24) is 14.8 Å². The van der Waals surface area contributed by atoms with Gasteiger partial charge in [0.25, 0.3) is 0 Å². The molecular weight excluding hydrogens is 374 g/mol. The minimum Gasteiger partial charge on any atom is -0.493 e. The minimum absolute atomic E-state index is 0.571. The Balaban J connectivity index is 1.36. The maximum Gasteiger partial charge on any atom is 0.191 e. The third kappa shape index (κ3) is 4.37. The number of ether oxygens (including phenoxy) is 1. The second-order valence-electron chi connectivity index (χ2n) is 5.91. The molecule has 0 spiro atoms. The minimum atomic E-state index is 0.571. The maximum atomic E-state index is 5.97. The van der Waals surface area contributed by atoms with Gasteiger partial charge in [-0.15, -0.1) is 21.5 Å². The average Bonchev–Trinajstić information content (AvgIpc) is 3.16. The van der Waals surface area contributed by atoms with E-state index in [1.54, 1.807) is 23.1 Å². The molecule has 0 N–H and O–H groups in total. The van der Waals surface area contributed by atoms with Gasteiger partial charge in [-0.1, -0.05) is 35.5 Å². The van der Waals surface area contributed by atoms with Crippen LogP contribution in [0.15, 0.2) is 46.9 Å². The van der Waals surface area contributed by atoms with E-state index in [-0.39, 0.29) is 0 Å². The van der Waals surface area contributed by atoms with E-state index in [1.807, 2.05) is 24.3 Å². The lowest BCUT2D eigenvalue weighted by atomic mass is 10.3. The Morgan fingerprint density at radius 1 is 1.24 bits per heavy atom. The van der Waals surface area contributed by atoms with Crippen LogP contribution in [0.4, 0.5) is 0 Å². The Kier molecular flexibility index (Phi) is 5.29. The molecule has 1 saturated carbocycles. The van der Waals surface area contributed by atoms with Gasteiger partial charge in [-0.3, -0.25) is 0 Å². The van der Waals surface area contributed by atoms with Gasteiger partial charge >= 0.3 is 0 Å². The van der Waals surface area contributed by atoms with Crippen LogP contribution >= 0.6 is 34.7 Å². The molecule has 130 valence electrons. The number of nitrogens with zero attached hydrogens (tertiary/aromatic N) is 3. The van der Waals surface area contributed by atoms with Crippen molar-refractivity contribution in [3.63, 3.8) is 0 Å². The molecule has 4 rings (SSSR count). The van der Waals surface area contributed by atoms with Crippen LogP contribution in [-0.4, -0.2) is 27.1 Å². The monoisotopic (exact) mass is 391 g/mol. The number of rotatable bonds is 8. The van der Waals surface area contributed by atoms with E-state index in [4.69, 9.17) is 16.3 Å². The Hall–Kier alpha value is -1.50. The van der Waals surface area contributed by atoms with Gasteiger partial charge in [0, 0.05) is 28.1 Å². The lowest BCUT2D eigenvalue weighted by Gasteiger charge is -2.09. The molecule has 0 bridgehead atoms. The van der Waals surface area contributed by atoms with Gasteiger partial charge in [0.05, 0.1) is 6.61 Å². The smallest absolute Gasteiger partial charge is 0.191 e. The van der Waals surface area contributed by atoms with Gasteiger partial charge < -0.3 is 9.30 Å². The van der Waals surface area contributed by atoms with Gasteiger partial charge in [-0.2, -0.15) is 0 Å². The summed E-state index contributed by atoms with van der Waals surface area (Å²) in [4.78, 5) is 1.33. The maximum absolute atomic E-state index is 5.97. The molecule has 2 heterocycles. The van der Waals surface area contributed by atoms with E-state index in [0.717, 1.165) is 28.9 Å². The number of thioether (sulfide) groups is 1. The summed E-state index contributed by atoms with van der Waals surface area (Å²) in [6.45, 7) is 0.614. The molecule has 4 nitrogen and oxygen atoms in total. The van der Waals surface area contributed by atoms with Crippen molar-refractivity contribution >= 4 is 34.7 Å². The zero-order valence-electron chi connectivity index (χ0n) is 13.6. The number of hydrogen-bond acceptors (Lipinski definition) is 5. The topological polar surface area (TPSA) is 39.9 Å². The largest absolute Gasteiger partial charge is 0.493 e. The fourth-order valence-electron chi connectivity index (χ4n) is 2.64. The zero-order chi connectivity index (χ0) is 17.1. The molecule has 1 aliphatic rings. The van der Waals surface area contributed by atoms with Crippen molar-refractivity contribution in [2.75, 3.05) is 12.4 Å². The quantitative estimate of drug-likeness (QED) is 0.396. The zero-order valence-corrected chi connectivity index (χ0v) is 16.0. The molecule has 0 saturated heterocycles. The van der Waals surface area contributed by atoms with Crippen molar-refractivity contribution in [1.29, 1.82) is 0 Å². The molecule has 1 aliphatic carbocycles. The van der Waals surface area contributed by atoms with E-state index in [1.165, 1.54) is 17.7 Å². The summed E-state index contributed by atoms with van der Waals surface area (Å²) in [6.07, 6.45) is 3.31. The summed E-state index contributed by atoms with van der Waals surface area (Å²) in [5.41, 5.74) is 0. The van der Waals surface area contributed by atoms with Gasteiger partial charge in [0.1, 0.15) is 11.6 Å². The van der Waals surface area contributed by atoms with Crippen LogP contribution in [-0.2, 0) is 6.42 Å². The molecule has 0 atom stereocenters. The van der Waals surface area contributed by atoms with Crippen LogP contribution in [0.2, 0.25) is 5.02 Å². The first-order valence-electron chi connectivity index (χ1n) is 8.27. The summed E-state index contributed by atoms with van der Waals surface area (Å²) in [7, 11) is 0. The van der Waals surface area contributed by atoms with E-state index >= 15 is 0 Å². The molecule has 0 radical (unpaired) electrons. The number of aromatic nitrogens is 3. The highest BCUT2D eigenvalue weighted by molar-refractivity contribution is 7.99. The molecular formula is C18H18ClN3OS2. The normalized spacial score (nSPS) is 14.0. The SMILES string of the molecule is Clc1cccc(OCCSc2nnc(Cc3cccs3)n2C2CC2)c1. The highest BCUT2D eigenvalue weighted by atomic mass is 35.5. The first kappa shape index (κ1) is 16.9. The fraction of sp³-hybridized carbons (Fsp3) is 0.333. The first-order chi connectivity index (χ1) is 12.3. The summed E-state index contributed by atoms with van der Waals surface area (Å²) in [5, 5.41) is 12.7. The summed E-state index contributed by atoms with van der Waals surface area (Å²) >= 11 is 9.45. The molecule has 0 aliphatic heterocycles. The van der Waals surface area contributed by atoms with E-state index < -0.39 is 0 Å². The van der Waals surface area contributed by atoms with Crippen molar-refractivity contribution in [3.05, 3.63) is 57.5 Å². The average molecular weight is 392 g/mol. The molecule has 0 amide bonds. The first-order valence-corrected chi connectivity index (χ1v) is 10.5. The predicted molar refractivity (Wildman–Crippen MR) is 103 cm³/mol. The molecule has 3 aromatic rings. The van der Waals surface area contributed by atoms with Crippen LogP contribution in [0.5, 0.6) is 5.75 Å². The third-order valence-electron chi connectivity index (χ3n) is 3.94. The second kappa shape index (κ2) is 7.81. The van der Waals surface area contributed by atoms with E-state index in [2.05, 4.69) is 32.3 Å². The Labute approximate surface area is 160 Å². The molecule has 0 unspecified atom stereocenters. The molecule has 7 heteroatoms. The van der Waals surface area contributed by atoms with Crippen LogP contribution < -0.4 is 4.74 Å². The molecule has 1 aromatic carbocycles. The number of hydrogen-bond donors (Lipinski definition) is 0. The van der Waals surface area contributed by atoms with Gasteiger partial charge in [-0.25, -0.2) is 0 Å². The van der Waals surface area contributed by atoms with Crippen LogP contribution in [0, 0.1) is 0 Å². The van der Waals surface area contributed by atoms with E-state index in [9.17, 15) is 0 Å². The lowest BCUT2D eigenvalue weighted by molar-refractivity contribution is 0.344. The third-order valence-corrected chi connectivity index (χ3v) is 5.96. The molecule has 1 fully saturated rings. The fourth-order valence-corrected chi connectivity index (χ4v) is 4.37. The van der Waals surface area contributed by atoms with Crippen molar-refractivity contribution in [3.8, 4) is 5.75 Å². The Morgan fingerprint density at radius 3 is 2.92 bits per heavy atom. The summed E-state index contributed by atoms with van der Waals surface area (Å²) < 4.78 is 8.08. The van der Waals surface area contributed by atoms with Crippen molar-refractivity contribution in [2.45, 2.75) is 30.5 Å². The lowest BCUT2D eigenvalue weighted by Crippen LogP contribution is -2.05. The number of halogens is 1. The van der Waals surface area contributed by atoms with Crippen LogP contribution in [0.1, 0.15) is 29.6 Å². The molecule has 2 aromatic heterocycles. The van der Waals surface area contributed by atoms with E-state index in [0.29, 0.717) is 17.7 Å². The predicted octanol–water partition coefficient (Wildman–Crippen LogP) is 5.09. The Morgan fingerprint density at radius 2 is 2.16 bits per heavy atom. The summed E-state index contributed by atoms with van der Waals surface area (Å²) in [5.74, 6) is 2.70. The highest BCUT2D eigenvalue weighted by Gasteiger charge is 2.29. The summed E-state index contributed by atoms with van der Waals surface area (Å²) in [6, 6.07) is 12.3. The van der Waals surface area contributed by atoms with Crippen LogP contribution in [0.3, 0.4) is 0 Å². The molecule has 25 heavy (non-hydrogen) atoms. The highest BCUT2D eigenvalue weighted by Crippen LogP contribution is 2.39. The Bertz CT molecular complexity index is 831. The van der Waals surface area contributed by atoms with Gasteiger partial charge in [0.15, 0.2) is 5.16 Å². The second-order valence-corrected chi connectivity index (χ2v) is 8.44.